The Morgan fingerprint density at radius 3 is 2.47 bits per heavy atom. The number of carboxylic acids is 2. The third kappa shape index (κ3) is 5.56. The van der Waals surface area contributed by atoms with Crippen LogP contribution in [0.4, 0.5) is 4.79 Å². The number of carbonyl (C=O) groups is 3. The number of rotatable bonds is 9. The lowest BCUT2D eigenvalue weighted by molar-refractivity contribution is -0.146. The molecule has 0 aromatic heterocycles. The molecular weight excluding hydrogens is 434 g/mol. The van der Waals surface area contributed by atoms with Crippen molar-refractivity contribution >= 4 is 18.0 Å². The van der Waals surface area contributed by atoms with Crippen LogP contribution in [0.15, 0.2) is 48.5 Å². The van der Waals surface area contributed by atoms with Crippen LogP contribution in [0.2, 0.25) is 0 Å². The molecule has 8 nitrogen and oxygen atoms in total. The van der Waals surface area contributed by atoms with Crippen LogP contribution in [0.5, 0.6) is 0 Å². The van der Waals surface area contributed by atoms with Gasteiger partial charge in [0.05, 0.1) is 6.42 Å². The van der Waals surface area contributed by atoms with E-state index in [0.717, 1.165) is 22.3 Å². The SMILES string of the molecule is Cc1ccc(-c2ccccc2)c([C@@H]2CCN[C@@]2(NC(=O)N(CCC(=O)O)CC(C)C)C(=O)O)c1. The summed E-state index contributed by atoms with van der Waals surface area (Å²) >= 11 is 0. The Morgan fingerprint density at radius 1 is 1.15 bits per heavy atom. The first kappa shape index (κ1) is 25.2. The Balaban J connectivity index is 2.00. The fraction of sp³-hybridized carbons (Fsp3) is 0.423. The van der Waals surface area contributed by atoms with Gasteiger partial charge in [0.2, 0.25) is 0 Å². The van der Waals surface area contributed by atoms with Crippen LogP contribution in [0, 0.1) is 12.8 Å². The topological polar surface area (TPSA) is 119 Å². The highest BCUT2D eigenvalue weighted by molar-refractivity contribution is 5.88. The highest BCUT2D eigenvalue weighted by Crippen LogP contribution is 2.40. The number of nitrogens with one attached hydrogen (secondary N) is 2. The van der Waals surface area contributed by atoms with Gasteiger partial charge >= 0.3 is 18.0 Å². The highest BCUT2D eigenvalue weighted by atomic mass is 16.4. The normalized spacial score (nSPS) is 19.7. The molecule has 1 heterocycles. The minimum Gasteiger partial charge on any atom is -0.481 e. The Hall–Kier alpha value is -3.39. The quantitative estimate of drug-likeness (QED) is 0.447. The molecule has 182 valence electrons. The van der Waals surface area contributed by atoms with E-state index < -0.39 is 29.6 Å². The fourth-order valence-electron chi connectivity index (χ4n) is 4.60. The summed E-state index contributed by atoms with van der Waals surface area (Å²) in [5.41, 5.74) is 2.02. The Morgan fingerprint density at radius 2 is 1.85 bits per heavy atom. The number of hydrogen-bond acceptors (Lipinski definition) is 4. The summed E-state index contributed by atoms with van der Waals surface area (Å²) in [4.78, 5) is 38.5. The maximum absolute atomic E-state index is 13.3. The predicted octanol–water partition coefficient (Wildman–Crippen LogP) is 3.66. The molecule has 1 aliphatic heterocycles. The molecule has 1 fully saturated rings. The van der Waals surface area contributed by atoms with Crippen molar-refractivity contribution in [3.63, 3.8) is 0 Å². The first-order valence-corrected chi connectivity index (χ1v) is 11.6. The molecule has 0 unspecified atom stereocenters. The van der Waals surface area contributed by atoms with Crippen molar-refractivity contribution in [3.05, 3.63) is 59.7 Å². The molecular formula is C26H33N3O5. The van der Waals surface area contributed by atoms with Crippen molar-refractivity contribution in [2.45, 2.75) is 45.2 Å². The van der Waals surface area contributed by atoms with Gasteiger partial charge in [-0.15, -0.1) is 0 Å². The average Bonchev–Trinajstić information content (AvgIpc) is 3.21. The number of aryl methyl sites for hydroxylation is 1. The van der Waals surface area contributed by atoms with E-state index in [1.807, 2.05) is 69.3 Å². The number of nitrogens with zero attached hydrogens (tertiary/aromatic N) is 1. The zero-order valence-corrected chi connectivity index (χ0v) is 19.9. The molecule has 8 heteroatoms. The minimum absolute atomic E-state index is 0.000573. The summed E-state index contributed by atoms with van der Waals surface area (Å²) < 4.78 is 0. The molecule has 2 amide bonds. The van der Waals surface area contributed by atoms with Crippen LogP contribution >= 0.6 is 0 Å². The first-order valence-electron chi connectivity index (χ1n) is 11.6. The van der Waals surface area contributed by atoms with Gasteiger partial charge in [-0.3, -0.25) is 10.1 Å². The lowest BCUT2D eigenvalue weighted by Gasteiger charge is -2.36. The number of aliphatic carboxylic acids is 2. The smallest absolute Gasteiger partial charge is 0.345 e. The third-order valence-corrected chi connectivity index (χ3v) is 6.14. The zero-order chi connectivity index (χ0) is 24.9. The number of urea groups is 1. The van der Waals surface area contributed by atoms with Crippen molar-refractivity contribution in [1.29, 1.82) is 0 Å². The molecule has 0 saturated carbocycles. The fourth-order valence-corrected chi connectivity index (χ4v) is 4.60. The highest BCUT2D eigenvalue weighted by Gasteiger charge is 2.52. The largest absolute Gasteiger partial charge is 0.481 e. The molecule has 0 radical (unpaired) electrons. The molecule has 0 spiro atoms. The van der Waals surface area contributed by atoms with E-state index in [1.165, 1.54) is 4.90 Å². The van der Waals surface area contributed by atoms with E-state index in [0.29, 0.717) is 19.5 Å². The minimum atomic E-state index is -1.72. The molecule has 4 N–H and O–H groups in total. The second kappa shape index (κ2) is 10.7. The maximum atomic E-state index is 13.3. The van der Waals surface area contributed by atoms with Gasteiger partial charge in [-0.1, -0.05) is 67.9 Å². The van der Waals surface area contributed by atoms with E-state index in [4.69, 9.17) is 5.11 Å². The van der Waals surface area contributed by atoms with Crippen molar-refractivity contribution in [2.24, 2.45) is 5.92 Å². The molecule has 1 aliphatic rings. The molecule has 2 aromatic carbocycles. The Kier molecular flexibility index (Phi) is 7.94. The average molecular weight is 468 g/mol. The Labute approximate surface area is 200 Å². The summed E-state index contributed by atoms with van der Waals surface area (Å²) in [7, 11) is 0. The van der Waals surface area contributed by atoms with Crippen molar-refractivity contribution < 1.29 is 24.6 Å². The van der Waals surface area contributed by atoms with Gasteiger partial charge in [0.15, 0.2) is 5.66 Å². The molecule has 3 rings (SSSR count). The molecule has 0 bridgehead atoms. The zero-order valence-electron chi connectivity index (χ0n) is 19.9. The van der Waals surface area contributed by atoms with E-state index in [1.54, 1.807) is 0 Å². The number of benzene rings is 2. The monoisotopic (exact) mass is 467 g/mol. The number of hydrogen-bond donors (Lipinski definition) is 4. The molecule has 1 saturated heterocycles. The second-order valence-electron chi connectivity index (χ2n) is 9.25. The van der Waals surface area contributed by atoms with Crippen LogP contribution in [-0.4, -0.2) is 58.4 Å². The summed E-state index contributed by atoms with van der Waals surface area (Å²) in [6, 6.07) is 15.1. The number of amides is 2. The van der Waals surface area contributed by atoms with Crippen molar-refractivity contribution in [3.8, 4) is 11.1 Å². The number of carbonyl (C=O) groups excluding carboxylic acids is 1. The lowest BCUT2D eigenvalue weighted by Crippen LogP contribution is -2.66. The van der Waals surface area contributed by atoms with Gasteiger partial charge in [-0.25, -0.2) is 9.59 Å². The Bertz CT molecular complexity index is 1040. The third-order valence-electron chi connectivity index (χ3n) is 6.14. The predicted molar refractivity (Wildman–Crippen MR) is 130 cm³/mol. The van der Waals surface area contributed by atoms with Gasteiger partial charge in [-0.05, 0) is 42.5 Å². The van der Waals surface area contributed by atoms with E-state index in [2.05, 4.69) is 10.6 Å². The second-order valence-corrected chi connectivity index (χ2v) is 9.25. The van der Waals surface area contributed by atoms with Crippen LogP contribution in [0.25, 0.3) is 11.1 Å². The maximum Gasteiger partial charge on any atom is 0.345 e. The summed E-state index contributed by atoms with van der Waals surface area (Å²) in [5.74, 6) is -2.62. The first-order chi connectivity index (χ1) is 16.1. The summed E-state index contributed by atoms with van der Waals surface area (Å²) in [6.07, 6.45) is 0.308. The van der Waals surface area contributed by atoms with E-state index in [9.17, 15) is 19.5 Å². The van der Waals surface area contributed by atoms with Crippen LogP contribution in [0.1, 0.15) is 43.7 Å². The molecule has 2 atom stereocenters. The van der Waals surface area contributed by atoms with Gasteiger partial charge in [0, 0.05) is 19.0 Å². The number of carboxylic acid groups (broad SMARTS) is 2. The summed E-state index contributed by atoms with van der Waals surface area (Å²) in [6.45, 7) is 6.53. The van der Waals surface area contributed by atoms with E-state index in [-0.39, 0.29) is 18.9 Å². The van der Waals surface area contributed by atoms with Crippen molar-refractivity contribution in [1.82, 2.24) is 15.5 Å². The van der Waals surface area contributed by atoms with Gasteiger partial charge in [-0.2, -0.15) is 0 Å². The summed E-state index contributed by atoms with van der Waals surface area (Å²) in [5, 5.41) is 25.3. The van der Waals surface area contributed by atoms with Gasteiger partial charge < -0.3 is 20.4 Å². The van der Waals surface area contributed by atoms with Gasteiger partial charge in [0.25, 0.3) is 0 Å². The molecule has 0 aliphatic carbocycles. The molecule has 2 aromatic rings. The molecule has 34 heavy (non-hydrogen) atoms. The van der Waals surface area contributed by atoms with E-state index >= 15 is 0 Å². The van der Waals surface area contributed by atoms with Crippen LogP contribution < -0.4 is 10.6 Å². The van der Waals surface area contributed by atoms with Crippen molar-refractivity contribution in [2.75, 3.05) is 19.6 Å². The lowest BCUT2D eigenvalue weighted by atomic mass is 9.81. The standard InChI is InChI=1S/C26H33N3O5/c1-17(2)16-29(14-12-23(30)31)25(34)28-26(24(32)33)22(11-13-27-26)21-15-18(3)9-10-20(21)19-7-5-4-6-8-19/h4-10,15,17,22,27H,11-14,16H2,1-3H3,(H,28,34)(H,30,31)(H,32,33)/t22-,26-/m0/s1. The van der Waals surface area contributed by atoms with Gasteiger partial charge in [0.1, 0.15) is 0 Å². The van der Waals surface area contributed by atoms with Crippen LogP contribution in [0.3, 0.4) is 0 Å². The van der Waals surface area contributed by atoms with Crippen LogP contribution in [-0.2, 0) is 9.59 Å².